The number of para-hydroxylation sites is 1. The number of esters is 2. The first-order valence-electron chi connectivity index (χ1n) is 9.86. The summed E-state index contributed by atoms with van der Waals surface area (Å²) in [5.74, 6) is 0.119. The normalized spacial score (nSPS) is 11.7. The van der Waals surface area contributed by atoms with Crippen LogP contribution in [0.3, 0.4) is 0 Å². The van der Waals surface area contributed by atoms with Crippen LogP contribution in [-0.4, -0.2) is 43.8 Å². The van der Waals surface area contributed by atoms with Crippen LogP contribution in [0.25, 0.3) is 0 Å². The summed E-state index contributed by atoms with van der Waals surface area (Å²) in [5, 5.41) is 3.27. The number of nitrogens with one attached hydrogen (secondary N) is 1. The Balaban J connectivity index is 2.56. The van der Waals surface area contributed by atoms with Crippen molar-refractivity contribution in [2.24, 2.45) is 0 Å². The molecule has 1 aromatic rings. The topological polar surface area (TPSA) is 73.9 Å². The van der Waals surface area contributed by atoms with E-state index < -0.39 is 6.10 Å². The molecule has 0 saturated heterocycles. The number of hydrogen-bond acceptors (Lipinski definition) is 6. The second-order valence-electron chi connectivity index (χ2n) is 6.74. The van der Waals surface area contributed by atoms with Crippen LogP contribution in [0.5, 0.6) is 5.75 Å². The van der Waals surface area contributed by atoms with E-state index in [1.807, 2.05) is 44.2 Å². The maximum absolute atomic E-state index is 12.1. The fourth-order valence-electron chi connectivity index (χ4n) is 2.51. The third kappa shape index (κ3) is 10.1. The Morgan fingerprint density at radius 2 is 1.89 bits per heavy atom. The molecule has 6 heteroatoms. The van der Waals surface area contributed by atoms with Gasteiger partial charge in [0.15, 0.2) is 0 Å². The Kier molecular flexibility index (Phi) is 11.7. The molecule has 1 unspecified atom stereocenters. The Labute approximate surface area is 168 Å². The summed E-state index contributed by atoms with van der Waals surface area (Å²) in [5.41, 5.74) is 1.04. The molecule has 6 nitrogen and oxygen atoms in total. The van der Waals surface area contributed by atoms with Crippen molar-refractivity contribution in [2.45, 2.75) is 58.6 Å². The van der Waals surface area contributed by atoms with Crippen molar-refractivity contribution in [1.82, 2.24) is 5.32 Å². The van der Waals surface area contributed by atoms with E-state index in [0.717, 1.165) is 11.3 Å². The zero-order valence-electron chi connectivity index (χ0n) is 17.2. The zero-order chi connectivity index (χ0) is 20.8. The molecule has 1 rings (SSSR count). The summed E-state index contributed by atoms with van der Waals surface area (Å²) in [7, 11) is 0. The van der Waals surface area contributed by atoms with Crippen LogP contribution in [0.4, 0.5) is 0 Å². The molecular formula is C22H33NO5. The highest BCUT2D eigenvalue weighted by molar-refractivity contribution is 5.72. The lowest BCUT2D eigenvalue weighted by Crippen LogP contribution is -2.38. The molecule has 28 heavy (non-hydrogen) atoms. The van der Waals surface area contributed by atoms with E-state index in [2.05, 4.69) is 11.9 Å². The Morgan fingerprint density at radius 1 is 1.18 bits per heavy atom. The number of allylic oxidation sites excluding steroid dienone is 1. The summed E-state index contributed by atoms with van der Waals surface area (Å²) in [6.45, 7) is 10.7. The van der Waals surface area contributed by atoms with Gasteiger partial charge in [0.05, 0.1) is 6.61 Å². The first kappa shape index (κ1) is 23.7. The van der Waals surface area contributed by atoms with Gasteiger partial charge in [0.25, 0.3) is 0 Å². The molecule has 0 aliphatic heterocycles. The zero-order valence-corrected chi connectivity index (χ0v) is 17.2. The monoisotopic (exact) mass is 391 g/mol. The van der Waals surface area contributed by atoms with E-state index in [9.17, 15) is 9.59 Å². The minimum absolute atomic E-state index is 0.171. The Morgan fingerprint density at radius 3 is 2.57 bits per heavy atom. The molecule has 0 radical (unpaired) electrons. The van der Waals surface area contributed by atoms with E-state index in [1.54, 1.807) is 6.92 Å². The minimum atomic E-state index is -0.422. The average molecular weight is 392 g/mol. The summed E-state index contributed by atoms with van der Waals surface area (Å²) >= 11 is 0. The smallest absolute Gasteiger partial charge is 0.306 e. The first-order valence-corrected chi connectivity index (χ1v) is 9.86. The SMILES string of the molecule is C=CCc1ccccc1OCC(CNC(C)C)OC(=O)CCCC(=O)OCC. The minimum Gasteiger partial charge on any atom is -0.489 e. The molecule has 1 N–H and O–H groups in total. The van der Waals surface area contributed by atoms with Gasteiger partial charge >= 0.3 is 11.9 Å². The lowest BCUT2D eigenvalue weighted by Gasteiger charge is -2.21. The van der Waals surface area contributed by atoms with Gasteiger partial charge in [-0.3, -0.25) is 9.59 Å². The Hall–Kier alpha value is -2.34. The Bertz CT molecular complexity index is 615. The predicted molar refractivity (Wildman–Crippen MR) is 109 cm³/mol. The van der Waals surface area contributed by atoms with E-state index in [-0.39, 0.29) is 37.4 Å². The molecule has 156 valence electrons. The number of carbonyl (C=O) groups is 2. The summed E-state index contributed by atoms with van der Waals surface area (Å²) in [6, 6.07) is 8.00. The molecule has 0 aliphatic rings. The van der Waals surface area contributed by atoms with Crippen LogP contribution < -0.4 is 10.1 Å². The van der Waals surface area contributed by atoms with Gasteiger partial charge in [0.2, 0.25) is 0 Å². The highest BCUT2D eigenvalue weighted by Gasteiger charge is 2.17. The van der Waals surface area contributed by atoms with E-state index in [4.69, 9.17) is 14.2 Å². The largest absolute Gasteiger partial charge is 0.489 e. The summed E-state index contributed by atoms with van der Waals surface area (Å²) < 4.78 is 16.3. The molecule has 0 spiro atoms. The van der Waals surface area contributed by atoms with Crippen LogP contribution in [0.2, 0.25) is 0 Å². The molecule has 0 aromatic heterocycles. The van der Waals surface area contributed by atoms with Crippen LogP contribution in [-0.2, 0) is 25.5 Å². The molecule has 0 bridgehead atoms. The van der Waals surface area contributed by atoms with E-state index in [0.29, 0.717) is 26.0 Å². The summed E-state index contributed by atoms with van der Waals surface area (Å²) in [6.07, 6.45) is 2.90. The lowest BCUT2D eigenvalue weighted by atomic mass is 10.1. The van der Waals surface area contributed by atoms with Crippen molar-refractivity contribution in [3.8, 4) is 5.75 Å². The van der Waals surface area contributed by atoms with Crippen molar-refractivity contribution in [1.29, 1.82) is 0 Å². The van der Waals surface area contributed by atoms with Crippen molar-refractivity contribution >= 4 is 11.9 Å². The van der Waals surface area contributed by atoms with Crippen LogP contribution in [0.1, 0.15) is 45.6 Å². The number of benzene rings is 1. The highest BCUT2D eigenvalue weighted by Crippen LogP contribution is 2.19. The van der Waals surface area contributed by atoms with Crippen LogP contribution in [0.15, 0.2) is 36.9 Å². The third-order valence-corrected chi connectivity index (χ3v) is 3.88. The summed E-state index contributed by atoms with van der Waals surface area (Å²) in [4.78, 5) is 23.5. The molecule has 0 aliphatic carbocycles. The van der Waals surface area contributed by atoms with Crippen LogP contribution in [0, 0.1) is 0 Å². The number of ether oxygens (including phenoxy) is 3. The standard InChI is InChI=1S/C22H33NO5/c1-5-10-18-11-7-8-12-20(18)27-16-19(15-23-17(3)4)28-22(25)14-9-13-21(24)26-6-2/h5,7-8,11-12,17,19,23H,1,6,9-10,13-16H2,2-4H3. The molecule has 0 heterocycles. The molecule has 1 aromatic carbocycles. The number of carbonyl (C=O) groups excluding carboxylic acids is 2. The van der Waals surface area contributed by atoms with Gasteiger partial charge in [-0.15, -0.1) is 6.58 Å². The molecule has 0 amide bonds. The van der Waals surface area contributed by atoms with Gasteiger partial charge in [0.1, 0.15) is 18.5 Å². The van der Waals surface area contributed by atoms with Gasteiger partial charge in [-0.25, -0.2) is 0 Å². The molecular weight excluding hydrogens is 358 g/mol. The van der Waals surface area contributed by atoms with Gasteiger partial charge in [0, 0.05) is 25.4 Å². The van der Waals surface area contributed by atoms with Gasteiger partial charge in [-0.1, -0.05) is 38.1 Å². The van der Waals surface area contributed by atoms with Crippen molar-refractivity contribution in [2.75, 3.05) is 19.8 Å². The first-order chi connectivity index (χ1) is 13.5. The number of hydrogen-bond donors (Lipinski definition) is 1. The van der Waals surface area contributed by atoms with Crippen molar-refractivity contribution in [3.05, 3.63) is 42.5 Å². The lowest BCUT2D eigenvalue weighted by molar-refractivity contribution is -0.150. The molecule has 0 saturated carbocycles. The van der Waals surface area contributed by atoms with Gasteiger partial charge in [-0.05, 0) is 31.4 Å². The quantitative estimate of drug-likeness (QED) is 0.387. The van der Waals surface area contributed by atoms with Gasteiger partial charge < -0.3 is 19.5 Å². The second kappa shape index (κ2) is 13.8. The van der Waals surface area contributed by atoms with E-state index >= 15 is 0 Å². The van der Waals surface area contributed by atoms with Gasteiger partial charge in [-0.2, -0.15) is 0 Å². The molecule has 1 atom stereocenters. The van der Waals surface area contributed by atoms with Crippen molar-refractivity contribution in [3.63, 3.8) is 0 Å². The maximum Gasteiger partial charge on any atom is 0.306 e. The van der Waals surface area contributed by atoms with Crippen LogP contribution >= 0.6 is 0 Å². The highest BCUT2D eigenvalue weighted by atomic mass is 16.6. The average Bonchev–Trinajstić information content (AvgIpc) is 2.65. The van der Waals surface area contributed by atoms with E-state index in [1.165, 1.54) is 0 Å². The number of rotatable bonds is 14. The van der Waals surface area contributed by atoms with Crippen molar-refractivity contribution < 1.29 is 23.8 Å². The maximum atomic E-state index is 12.1. The fourth-order valence-corrected chi connectivity index (χ4v) is 2.51. The second-order valence-corrected chi connectivity index (χ2v) is 6.74. The predicted octanol–water partition coefficient (Wildman–Crippen LogP) is 3.44. The third-order valence-electron chi connectivity index (χ3n) is 3.88. The molecule has 0 fully saturated rings. The fraction of sp³-hybridized carbons (Fsp3) is 0.545.